The second-order valence-corrected chi connectivity index (χ2v) is 5.80. The zero-order chi connectivity index (χ0) is 8.60. The quantitative estimate of drug-likeness (QED) is 0.620. The molecule has 2 aliphatic rings. The highest BCUT2D eigenvalue weighted by Gasteiger charge is 2.45. The monoisotopic (exact) mass is 185 g/mol. The second kappa shape index (κ2) is 3.22. The van der Waals surface area contributed by atoms with Gasteiger partial charge in [-0.3, -0.25) is 0 Å². The van der Waals surface area contributed by atoms with Crippen molar-refractivity contribution in [2.45, 2.75) is 31.9 Å². The molecule has 1 spiro atoms. The molecule has 3 unspecified atom stereocenters. The van der Waals surface area contributed by atoms with Crippen LogP contribution < -0.4 is 5.32 Å². The summed E-state index contributed by atoms with van der Waals surface area (Å²) in [5.74, 6) is 2.28. The lowest BCUT2D eigenvalue weighted by Crippen LogP contribution is -2.46. The fraction of sp³-hybridized carbons (Fsp3) is 1.00. The Hall–Kier alpha value is 0.310. The minimum Gasteiger partial charge on any atom is -0.316 e. The van der Waals surface area contributed by atoms with Crippen LogP contribution in [0, 0.1) is 11.3 Å². The van der Waals surface area contributed by atoms with Gasteiger partial charge in [-0.05, 0) is 43.0 Å². The second-order valence-electron chi connectivity index (χ2n) is 4.35. The Bertz CT molecular complexity index is 171. The van der Waals surface area contributed by atoms with E-state index in [1.807, 2.05) is 0 Å². The highest BCUT2D eigenvalue weighted by atomic mass is 32.2. The van der Waals surface area contributed by atoms with Crippen LogP contribution in [0.2, 0.25) is 0 Å². The Labute approximate surface area is 79.7 Å². The van der Waals surface area contributed by atoms with E-state index >= 15 is 0 Å². The summed E-state index contributed by atoms with van der Waals surface area (Å²) in [6.07, 6.45) is 2.87. The summed E-state index contributed by atoms with van der Waals surface area (Å²) in [6.45, 7) is 7.34. The SMILES string of the molecule is CC1CNCCC12CCSC2C. The molecule has 0 amide bonds. The topological polar surface area (TPSA) is 12.0 Å². The van der Waals surface area contributed by atoms with Crippen LogP contribution in [0.3, 0.4) is 0 Å². The molecular weight excluding hydrogens is 166 g/mol. The average molecular weight is 185 g/mol. The predicted molar refractivity (Wildman–Crippen MR) is 55.6 cm³/mol. The van der Waals surface area contributed by atoms with Crippen molar-refractivity contribution in [3.63, 3.8) is 0 Å². The molecule has 2 heteroatoms. The van der Waals surface area contributed by atoms with Gasteiger partial charge in [0.1, 0.15) is 0 Å². The number of hydrogen-bond acceptors (Lipinski definition) is 2. The Balaban J connectivity index is 2.15. The molecule has 3 atom stereocenters. The van der Waals surface area contributed by atoms with Crippen LogP contribution in [-0.2, 0) is 0 Å². The molecule has 2 saturated heterocycles. The van der Waals surface area contributed by atoms with E-state index in [-0.39, 0.29) is 0 Å². The molecule has 1 nitrogen and oxygen atoms in total. The van der Waals surface area contributed by atoms with Crippen LogP contribution in [-0.4, -0.2) is 24.1 Å². The Kier molecular flexibility index (Phi) is 2.39. The van der Waals surface area contributed by atoms with E-state index in [0.717, 1.165) is 11.2 Å². The van der Waals surface area contributed by atoms with Gasteiger partial charge in [0.2, 0.25) is 0 Å². The minimum absolute atomic E-state index is 0.690. The molecule has 0 aromatic rings. The van der Waals surface area contributed by atoms with Crippen molar-refractivity contribution in [3.8, 4) is 0 Å². The average Bonchev–Trinajstić information content (AvgIpc) is 2.41. The first kappa shape index (κ1) is 8.89. The fourth-order valence-corrected chi connectivity index (χ4v) is 4.51. The minimum atomic E-state index is 0.690. The first-order valence-corrected chi connectivity index (χ1v) is 6.13. The summed E-state index contributed by atoms with van der Waals surface area (Å²) in [6, 6.07) is 0. The van der Waals surface area contributed by atoms with Gasteiger partial charge in [-0.25, -0.2) is 0 Å². The molecule has 0 aliphatic carbocycles. The van der Waals surface area contributed by atoms with Gasteiger partial charge in [0.25, 0.3) is 0 Å². The molecule has 0 aromatic heterocycles. The lowest BCUT2D eigenvalue weighted by molar-refractivity contribution is 0.126. The molecule has 12 heavy (non-hydrogen) atoms. The number of thioether (sulfide) groups is 1. The van der Waals surface area contributed by atoms with Crippen molar-refractivity contribution in [3.05, 3.63) is 0 Å². The number of hydrogen-bond donors (Lipinski definition) is 1. The number of nitrogens with one attached hydrogen (secondary N) is 1. The summed E-state index contributed by atoms with van der Waals surface area (Å²) in [4.78, 5) is 0. The normalized spacial score (nSPS) is 48.5. The van der Waals surface area contributed by atoms with Crippen LogP contribution in [0.15, 0.2) is 0 Å². The van der Waals surface area contributed by atoms with Gasteiger partial charge in [0.05, 0.1) is 0 Å². The van der Waals surface area contributed by atoms with Crippen molar-refractivity contribution in [2.24, 2.45) is 11.3 Å². The van der Waals surface area contributed by atoms with Gasteiger partial charge < -0.3 is 5.32 Å². The molecule has 2 aliphatic heterocycles. The van der Waals surface area contributed by atoms with E-state index < -0.39 is 0 Å². The van der Waals surface area contributed by atoms with Gasteiger partial charge >= 0.3 is 0 Å². The smallest absolute Gasteiger partial charge is 0.00789 e. The van der Waals surface area contributed by atoms with E-state index in [4.69, 9.17) is 0 Å². The molecule has 0 bridgehead atoms. The summed E-state index contributed by atoms with van der Waals surface area (Å²) in [7, 11) is 0. The van der Waals surface area contributed by atoms with Crippen molar-refractivity contribution < 1.29 is 0 Å². The van der Waals surface area contributed by atoms with Gasteiger partial charge in [0.15, 0.2) is 0 Å². The number of rotatable bonds is 0. The maximum absolute atomic E-state index is 3.50. The predicted octanol–water partition coefficient (Wildman–Crippen LogP) is 2.13. The van der Waals surface area contributed by atoms with E-state index in [1.165, 1.54) is 31.7 Å². The van der Waals surface area contributed by atoms with Crippen molar-refractivity contribution in [1.82, 2.24) is 5.32 Å². The van der Waals surface area contributed by atoms with Crippen LogP contribution in [0.5, 0.6) is 0 Å². The maximum Gasteiger partial charge on any atom is 0.00789 e. The Morgan fingerprint density at radius 3 is 2.75 bits per heavy atom. The van der Waals surface area contributed by atoms with Gasteiger partial charge in [-0.2, -0.15) is 11.8 Å². The zero-order valence-corrected chi connectivity index (χ0v) is 8.91. The third kappa shape index (κ3) is 1.20. The highest BCUT2D eigenvalue weighted by Crippen LogP contribution is 2.51. The van der Waals surface area contributed by atoms with Crippen molar-refractivity contribution in [1.29, 1.82) is 0 Å². The first-order valence-electron chi connectivity index (χ1n) is 5.08. The summed E-state index contributed by atoms with van der Waals surface area (Å²) >= 11 is 2.18. The van der Waals surface area contributed by atoms with Crippen molar-refractivity contribution >= 4 is 11.8 Å². The summed E-state index contributed by atoms with van der Waals surface area (Å²) in [5.41, 5.74) is 0.690. The molecule has 0 aromatic carbocycles. The lowest BCUT2D eigenvalue weighted by atomic mass is 9.68. The van der Waals surface area contributed by atoms with E-state index in [2.05, 4.69) is 30.9 Å². The van der Waals surface area contributed by atoms with Crippen molar-refractivity contribution in [2.75, 3.05) is 18.8 Å². The Morgan fingerprint density at radius 1 is 1.33 bits per heavy atom. The maximum atomic E-state index is 3.50. The van der Waals surface area contributed by atoms with Crippen LogP contribution >= 0.6 is 11.8 Å². The third-order valence-electron chi connectivity index (χ3n) is 3.94. The molecule has 1 N–H and O–H groups in total. The van der Waals surface area contributed by atoms with E-state index in [0.29, 0.717) is 5.41 Å². The highest BCUT2D eigenvalue weighted by molar-refractivity contribution is 8.00. The standard InChI is InChI=1S/C10H19NS/c1-8-7-11-5-3-10(8)4-6-12-9(10)2/h8-9,11H,3-7H2,1-2H3. The molecule has 2 rings (SSSR count). The third-order valence-corrected chi connectivity index (χ3v) is 5.35. The zero-order valence-electron chi connectivity index (χ0n) is 8.10. The van der Waals surface area contributed by atoms with Gasteiger partial charge in [-0.1, -0.05) is 13.8 Å². The Morgan fingerprint density at radius 2 is 2.17 bits per heavy atom. The molecule has 0 saturated carbocycles. The van der Waals surface area contributed by atoms with E-state index in [1.54, 1.807) is 0 Å². The summed E-state index contributed by atoms with van der Waals surface area (Å²) in [5, 5.41) is 4.39. The summed E-state index contributed by atoms with van der Waals surface area (Å²) < 4.78 is 0. The lowest BCUT2D eigenvalue weighted by Gasteiger charge is -2.43. The first-order chi connectivity index (χ1) is 5.76. The van der Waals surface area contributed by atoms with Crippen LogP contribution in [0.1, 0.15) is 26.7 Å². The molecule has 70 valence electrons. The van der Waals surface area contributed by atoms with Crippen LogP contribution in [0.25, 0.3) is 0 Å². The largest absolute Gasteiger partial charge is 0.316 e. The van der Waals surface area contributed by atoms with E-state index in [9.17, 15) is 0 Å². The number of piperidine rings is 1. The molecule has 0 radical (unpaired) electrons. The fourth-order valence-electron chi connectivity index (χ4n) is 2.86. The molecule has 2 fully saturated rings. The van der Waals surface area contributed by atoms with Crippen LogP contribution in [0.4, 0.5) is 0 Å². The molecule has 2 heterocycles. The van der Waals surface area contributed by atoms with Gasteiger partial charge in [-0.15, -0.1) is 0 Å². The molecular formula is C10H19NS. The van der Waals surface area contributed by atoms with Gasteiger partial charge in [0, 0.05) is 5.25 Å².